The van der Waals surface area contributed by atoms with E-state index in [0.717, 1.165) is 6.42 Å². The lowest BCUT2D eigenvalue weighted by Crippen LogP contribution is -2.28. The molecule has 0 unspecified atom stereocenters. The highest BCUT2D eigenvalue weighted by molar-refractivity contribution is 7.14. The topological polar surface area (TPSA) is 71.1 Å². The van der Waals surface area contributed by atoms with Crippen LogP contribution in [-0.2, 0) is 11.2 Å². The van der Waals surface area contributed by atoms with Crippen LogP contribution in [0.15, 0.2) is 22.9 Å². The average molecular weight is 351 g/mol. The summed E-state index contributed by atoms with van der Waals surface area (Å²) in [5, 5.41) is 9.81. The number of rotatable bonds is 6. The summed E-state index contributed by atoms with van der Waals surface area (Å²) in [6.45, 7) is 7.08. The van der Waals surface area contributed by atoms with Crippen LogP contribution in [0.3, 0.4) is 0 Å². The van der Waals surface area contributed by atoms with Crippen LogP contribution >= 0.6 is 22.7 Å². The number of aromatic nitrogens is 1. The number of carbonyl (C=O) groups excluding carboxylic acids is 2. The molecule has 0 aliphatic rings. The molecule has 0 atom stereocenters. The van der Waals surface area contributed by atoms with E-state index in [0.29, 0.717) is 22.2 Å². The van der Waals surface area contributed by atoms with Crippen molar-refractivity contribution in [1.82, 2.24) is 10.3 Å². The van der Waals surface area contributed by atoms with E-state index >= 15 is 0 Å². The summed E-state index contributed by atoms with van der Waals surface area (Å²) in [6, 6.07) is 3.59. The first-order valence-electron chi connectivity index (χ1n) is 7.39. The summed E-state index contributed by atoms with van der Waals surface area (Å²) in [6.07, 6.45) is 1.16. The van der Waals surface area contributed by atoms with Crippen LogP contribution in [0.1, 0.15) is 42.6 Å². The SMILES string of the molecule is CC(C)(C)CCNC(=O)Cc1csc(NC(=O)c2cccs2)n1. The summed E-state index contributed by atoms with van der Waals surface area (Å²) in [5.41, 5.74) is 0.873. The Morgan fingerprint density at radius 1 is 1.26 bits per heavy atom. The number of nitrogens with one attached hydrogen (secondary N) is 2. The van der Waals surface area contributed by atoms with Gasteiger partial charge in [-0.3, -0.25) is 14.9 Å². The van der Waals surface area contributed by atoms with Gasteiger partial charge in [-0.05, 0) is 23.3 Å². The summed E-state index contributed by atoms with van der Waals surface area (Å²) >= 11 is 2.71. The molecule has 0 aliphatic carbocycles. The van der Waals surface area contributed by atoms with Gasteiger partial charge in [0.05, 0.1) is 17.0 Å². The van der Waals surface area contributed by atoms with Gasteiger partial charge in [-0.25, -0.2) is 4.98 Å². The Labute approximate surface area is 144 Å². The molecule has 2 rings (SSSR count). The minimum absolute atomic E-state index is 0.0457. The van der Waals surface area contributed by atoms with E-state index < -0.39 is 0 Å². The van der Waals surface area contributed by atoms with Crippen LogP contribution in [0.25, 0.3) is 0 Å². The van der Waals surface area contributed by atoms with Gasteiger partial charge >= 0.3 is 0 Å². The van der Waals surface area contributed by atoms with Crippen LogP contribution in [0, 0.1) is 5.41 Å². The zero-order valence-corrected chi connectivity index (χ0v) is 15.1. The van der Waals surface area contributed by atoms with E-state index in [2.05, 4.69) is 36.4 Å². The number of thiazole rings is 1. The second-order valence-corrected chi connectivity index (χ2v) is 8.22. The summed E-state index contributed by atoms with van der Waals surface area (Å²) in [4.78, 5) is 28.7. The largest absolute Gasteiger partial charge is 0.356 e. The third-order valence-corrected chi connectivity index (χ3v) is 4.73. The van der Waals surface area contributed by atoms with Gasteiger partial charge < -0.3 is 5.32 Å². The number of anilines is 1. The number of thiophene rings is 1. The Kier molecular flexibility index (Phi) is 5.90. The minimum atomic E-state index is -0.171. The van der Waals surface area contributed by atoms with Gasteiger partial charge in [0.1, 0.15) is 0 Å². The fraction of sp³-hybridized carbons (Fsp3) is 0.438. The minimum Gasteiger partial charge on any atom is -0.356 e. The lowest BCUT2D eigenvalue weighted by molar-refractivity contribution is -0.120. The third kappa shape index (κ3) is 6.11. The molecule has 2 N–H and O–H groups in total. The maximum Gasteiger partial charge on any atom is 0.267 e. The summed E-state index contributed by atoms with van der Waals surface area (Å²) in [5.74, 6) is -0.216. The predicted octanol–water partition coefficient (Wildman–Crippen LogP) is 3.55. The fourth-order valence-corrected chi connectivity index (χ4v) is 3.14. The second kappa shape index (κ2) is 7.70. The number of carbonyl (C=O) groups is 2. The van der Waals surface area contributed by atoms with Crippen molar-refractivity contribution in [3.8, 4) is 0 Å². The number of nitrogens with zero attached hydrogens (tertiary/aromatic N) is 1. The lowest BCUT2D eigenvalue weighted by atomic mass is 9.92. The molecule has 0 aliphatic heterocycles. The molecule has 0 saturated carbocycles. The van der Waals surface area contributed by atoms with Crippen molar-refractivity contribution >= 4 is 39.6 Å². The molecule has 23 heavy (non-hydrogen) atoms. The highest BCUT2D eigenvalue weighted by Crippen LogP contribution is 2.19. The number of hydrogen-bond acceptors (Lipinski definition) is 5. The van der Waals surface area contributed by atoms with Gasteiger partial charge in [0.15, 0.2) is 5.13 Å². The molecule has 2 amide bonds. The predicted molar refractivity (Wildman–Crippen MR) is 95.2 cm³/mol. The van der Waals surface area contributed by atoms with Gasteiger partial charge in [0.25, 0.3) is 5.91 Å². The van der Waals surface area contributed by atoms with Crippen molar-refractivity contribution in [2.45, 2.75) is 33.6 Å². The van der Waals surface area contributed by atoms with Gasteiger partial charge in [-0.1, -0.05) is 26.8 Å². The molecule has 0 bridgehead atoms. The average Bonchev–Trinajstić information content (AvgIpc) is 3.08. The van der Waals surface area contributed by atoms with Crippen LogP contribution in [-0.4, -0.2) is 23.3 Å². The molecule has 2 heterocycles. The molecule has 2 aromatic rings. The molecule has 0 radical (unpaired) electrons. The highest BCUT2D eigenvalue weighted by atomic mass is 32.1. The number of hydrogen-bond donors (Lipinski definition) is 2. The molecule has 7 heteroatoms. The van der Waals surface area contributed by atoms with Gasteiger partial charge in [-0.2, -0.15) is 0 Å². The van der Waals surface area contributed by atoms with E-state index in [4.69, 9.17) is 0 Å². The maximum atomic E-state index is 11.9. The first-order valence-corrected chi connectivity index (χ1v) is 9.15. The van der Waals surface area contributed by atoms with Crippen molar-refractivity contribution in [2.24, 2.45) is 5.41 Å². The third-order valence-electron chi connectivity index (χ3n) is 3.06. The Morgan fingerprint density at radius 2 is 2.04 bits per heavy atom. The van der Waals surface area contributed by atoms with Crippen LogP contribution in [0.5, 0.6) is 0 Å². The molecule has 5 nitrogen and oxygen atoms in total. The zero-order chi connectivity index (χ0) is 16.9. The standard InChI is InChI=1S/C16H21N3O2S2/c1-16(2,3)6-7-17-13(20)9-11-10-23-15(18-11)19-14(21)12-5-4-8-22-12/h4-5,8,10H,6-7,9H2,1-3H3,(H,17,20)(H,18,19,21). The molecule has 2 aromatic heterocycles. The van der Waals surface area contributed by atoms with E-state index in [1.165, 1.54) is 22.7 Å². The van der Waals surface area contributed by atoms with E-state index in [1.807, 2.05) is 11.4 Å². The van der Waals surface area contributed by atoms with Gasteiger partial charge in [-0.15, -0.1) is 22.7 Å². The van der Waals surface area contributed by atoms with Crippen molar-refractivity contribution in [3.05, 3.63) is 33.5 Å². The fourth-order valence-electron chi connectivity index (χ4n) is 1.82. The van der Waals surface area contributed by atoms with Crippen molar-refractivity contribution in [1.29, 1.82) is 0 Å². The van der Waals surface area contributed by atoms with Crippen LogP contribution in [0.2, 0.25) is 0 Å². The smallest absolute Gasteiger partial charge is 0.267 e. The van der Waals surface area contributed by atoms with Crippen molar-refractivity contribution < 1.29 is 9.59 Å². The van der Waals surface area contributed by atoms with Crippen LogP contribution < -0.4 is 10.6 Å². The highest BCUT2D eigenvalue weighted by Gasteiger charge is 2.13. The van der Waals surface area contributed by atoms with E-state index in [1.54, 1.807) is 11.4 Å². The zero-order valence-electron chi connectivity index (χ0n) is 13.5. The Balaban J connectivity index is 1.80. The molecule has 0 saturated heterocycles. The van der Waals surface area contributed by atoms with E-state index in [9.17, 15) is 9.59 Å². The van der Waals surface area contributed by atoms with Gasteiger partial charge in [0, 0.05) is 11.9 Å². The normalized spacial score (nSPS) is 11.3. The molecular formula is C16H21N3O2S2. The van der Waals surface area contributed by atoms with Crippen LogP contribution in [0.4, 0.5) is 5.13 Å². The molecular weight excluding hydrogens is 330 g/mol. The summed E-state index contributed by atoms with van der Waals surface area (Å²) < 4.78 is 0. The first kappa shape index (κ1) is 17.6. The second-order valence-electron chi connectivity index (χ2n) is 6.41. The lowest BCUT2D eigenvalue weighted by Gasteiger charge is -2.17. The first-order chi connectivity index (χ1) is 10.8. The number of amides is 2. The Morgan fingerprint density at radius 3 is 2.70 bits per heavy atom. The quantitative estimate of drug-likeness (QED) is 0.836. The monoisotopic (exact) mass is 351 g/mol. The van der Waals surface area contributed by atoms with Crippen molar-refractivity contribution in [3.63, 3.8) is 0 Å². The molecule has 0 spiro atoms. The Bertz CT molecular complexity index is 657. The summed E-state index contributed by atoms with van der Waals surface area (Å²) in [7, 11) is 0. The maximum absolute atomic E-state index is 11.9. The van der Waals surface area contributed by atoms with Gasteiger partial charge in [0.2, 0.25) is 5.91 Å². The molecule has 124 valence electrons. The van der Waals surface area contributed by atoms with Crippen molar-refractivity contribution in [2.75, 3.05) is 11.9 Å². The van der Waals surface area contributed by atoms with E-state index in [-0.39, 0.29) is 23.7 Å². The molecule has 0 fully saturated rings. The molecule has 0 aromatic carbocycles. The Hall–Kier alpha value is -1.73.